The predicted octanol–water partition coefficient (Wildman–Crippen LogP) is 3.38. The van der Waals surface area contributed by atoms with Crippen molar-refractivity contribution in [3.8, 4) is 0 Å². The number of fused-ring (bicyclic) bond motifs is 2. The lowest BCUT2D eigenvalue weighted by Crippen LogP contribution is -2.14. The molecular weight excluding hydrogens is 372 g/mol. The number of rotatable bonds is 6. The molecule has 4 heterocycles. The van der Waals surface area contributed by atoms with Gasteiger partial charge in [-0.3, -0.25) is 9.20 Å². The second-order valence-corrected chi connectivity index (χ2v) is 7.72. The highest BCUT2D eigenvalue weighted by Gasteiger charge is 2.14. The normalized spacial score (nSPS) is 11.5. The molecule has 4 aromatic heterocycles. The summed E-state index contributed by atoms with van der Waals surface area (Å²) in [5, 5.41) is 5.25. The first kappa shape index (κ1) is 18.6. The molecular formula is C20H22N6OS. The van der Waals surface area contributed by atoms with Crippen LogP contribution >= 0.6 is 11.8 Å². The number of aryl methyl sites for hydroxylation is 2. The van der Waals surface area contributed by atoms with E-state index < -0.39 is 0 Å². The topological polar surface area (TPSA) is 77.5 Å². The molecule has 0 N–H and O–H groups in total. The van der Waals surface area contributed by atoms with Crippen molar-refractivity contribution in [1.82, 2.24) is 29.0 Å². The Balaban J connectivity index is 1.60. The Kier molecular flexibility index (Phi) is 5.13. The maximum Gasteiger partial charge on any atom is 0.258 e. The van der Waals surface area contributed by atoms with Gasteiger partial charge in [-0.1, -0.05) is 31.2 Å². The van der Waals surface area contributed by atoms with Gasteiger partial charge < -0.3 is 0 Å². The van der Waals surface area contributed by atoms with E-state index >= 15 is 0 Å². The average molecular weight is 395 g/mol. The molecule has 7 nitrogen and oxygen atoms in total. The Morgan fingerprint density at radius 2 is 2.00 bits per heavy atom. The number of hydrogen-bond donors (Lipinski definition) is 0. The Hall–Kier alpha value is -2.74. The van der Waals surface area contributed by atoms with Crippen LogP contribution in [0, 0.1) is 13.8 Å². The smallest absolute Gasteiger partial charge is 0.258 e. The molecule has 0 radical (unpaired) electrons. The molecule has 0 bridgehead atoms. The van der Waals surface area contributed by atoms with Crippen LogP contribution in [0.15, 0.2) is 40.4 Å². The second-order valence-electron chi connectivity index (χ2n) is 6.77. The van der Waals surface area contributed by atoms with Crippen molar-refractivity contribution in [2.45, 2.75) is 50.9 Å². The molecule has 0 unspecified atom stereocenters. The van der Waals surface area contributed by atoms with E-state index in [0.29, 0.717) is 28.0 Å². The van der Waals surface area contributed by atoms with Crippen molar-refractivity contribution in [3.63, 3.8) is 0 Å². The lowest BCUT2D eigenvalue weighted by molar-refractivity contribution is 0.753. The van der Waals surface area contributed by atoms with Crippen LogP contribution in [0.3, 0.4) is 0 Å². The van der Waals surface area contributed by atoms with Crippen LogP contribution in [0.4, 0.5) is 0 Å². The molecule has 0 saturated carbocycles. The summed E-state index contributed by atoms with van der Waals surface area (Å²) >= 11 is 1.46. The Labute approximate surface area is 166 Å². The van der Waals surface area contributed by atoms with Crippen LogP contribution in [0.1, 0.15) is 42.4 Å². The lowest BCUT2D eigenvalue weighted by Gasteiger charge is -2.09. The summed E-state index contributed by atoms with van der Waals surface area (Å²) in [7, 11) is 0. The van der Waals surface area contributed by atoms with Crippen molar-refractivity contribution in [2.75, 3.05) is 0 Å². The van der Waals surface area contributed by atoms with Crippen LogP contribution in [0.25, 0.3) is 11.4 Å². The number of unbranched alkanes of at least 4 members (excludes halogenated alkanes) is 1. The van der Waals surface area contributed by atoms with Gasteiger partial charge in [0.2, 0.25) is 5.16 Å². The van der Waals surface area contributed by atoms with Gasteiger partial charge in [-0.15, -0.1) is 5.10 Å². The Morgan fingerprint density at radius 1 is 1.14 bits per heavy atom. The quantitative estimate of drug-likeness (QED) is 0.467. The molecule has 4 rings (SSSR count). The van der Waals surface area contributed by atoms with Gasteiger partial charge in [0, 0.05) is 29.4 Å². The van der Waals surface area contributed by atoms with Gasteiger partial charge >= 0.3 is 0 Å². The van der Waals surface area contributed by atoms with Crippen LogP contribution in [0.5, 0.6) is 0 Å². The molecule has 0 aliphatic carbocycles. The summed E-state index contributed by atoms with van der Waals surface area (Å²) in [5.41, 5.74) is 4.63. The minimum absolute atomic E-state index is 0.0853. The van der Waals surface area contributed by atoms with Gasteiger partial charge in [-0.25, -0.2) is 14.5 Å². The molecule has 0 saturated heterocycles. The average Bonchev–Trinajstić information content (AvgIpc) is 3.09. The van der Waals surface area contributed by atoms with E-state index in [-0.39, 0.29) is 5.56 Å². The predicted molar refractivity (Wildman–Crippen MR) is 110 cm³/mol. The molecule has 0 amide bonds. The number of pyridine rings is 1. The van der Waals surface area contributed by atoms with Crippen molar-refractivity contribution < 1.29 is 0 Å². The van der Waals surface area contributed by atoms with Crippen LogP contribution in [-0.2, 0) is 12.2 Å². The molecule has 4 aromatic rings. The minimum atomic E-state index is -0.0853. The monoisotopic (exact) mass is 394 g/mol. The molecule has 0 spiro atoms. The summed E-state index contributed by atoms with van der Waals surface area (Å²) in [6.07, 6.45) is 5.00. The van der Waals surface area contributed by atoms with Crippen LogP contribution < -0.4 is 5.56 Å². The number of thioether (sulfide) groups is 1. The fraction of sp³-hybridized carbons (Fsp3) is 0.350. The Bertz CT molecular complexity index is 1210. The van der Waals surface area contributed by atoms with Gasteiger partial charge in [-0.2, -0.15) is 4.98 Å². The van der Waals surface area contributed by atoms with E-state index in [1.807, 2.05) is 29.6 Å². The molecule has 144 valence electrons. The van der Waals surface area contributed by atoms with Crippen molar-refractivity contribution in [2.24, 2.45) is 0 Å². The highest BCUT2D eigenvalue weighted by Crippen LogP contribution is 2.21. The van der Waals surface area contributed by atoms with Crippen molar-refractivity contribution in [3.05, 3.63) is 63.5 Å². The SMILES string of the molecule is CCCCc1c(C)nc2nc(SCc3cc(=O)n4ccccc4n3)nn2c1C. The van der Waals surface area contributed by atoms with E-state index in [4.69, 9.17) is 0 Å². The highest BCUT2D eigenvalue weighted by atomic mass is 32.2. The summed E-state index contributed by atoms with van der Waals surface area (Å²) < 4.78 is 3.36. The molecule has 0 atom stereocenters. The summed E-state index contributed by atoms with van der Waals surface area (Å²) in [6.45, 7) is 6.29. The molecule has 28 heavy (non-hydrogen) atoms. The van der Waals surface area contributed by atoms with Crippen LogP contribution in [-0.4, -0.2) is 29.0 Å². The standard InChI is InChI=1S/C20H22N6OS/c1-4-5-8-16-13(2)21-19-23-20(24-26(19)14(16)3)28-12-15-11-18(27)25-10-7-6-9-17(25)22-15/h6-7,9-11H,4-5,8,12H2,1-3H3. The first-order valence-electron chi connectivity index (χ1n) is 9.40. The number of aromatic nitrogens is 6. The molecule has 0 aliphatic heterocycles. The third-order valence-corrected chi connectivity index (χ3v) is 5.65. The number of nitrogens with zero attached hydrogens (tertiary/aromatic N) is 6. The van der Waals surface area contributed by atoms with Gasteiger partial charge in [-0.05, 0) is 44.4 Å². The van der Waals surface area contributed by atoms with E-state index in [2.05, 4.69) is 33.9 Å². The molecule has 8 heteroatoms. The van der Waals surface area contributed by atoms with Gasteiger partial charge in [0.15, 0.2) is 0 Å². The van der Waals surface area contributed by atoms with Crippen molar-refractivity contribution >= 4 is 23.2 Å². The third-order valence-electron chi connectivity index (χ3n) is 4.78. The minimum Gasteiger partial charge on any atom is -0.269 e. The van der Waals surface area contributed by atoms with E-state index in [1.165, 1.54) is 21.7 Å². The van der Waals surface area contributed by atoms with Gasteiger partial charge in [0.1, 0.15) is 5.65 Å². The highest BCUT2D eigenvalue weighted by molar-refractivity contribution is 7.98. The fourth-order valence-corrected chi connectivity index (χ4v) is 3.99. The van der Waals surface area contributed by atoms with Crippen molar-refractivity contribution in [1.29, 1.82) is 0 Å². The van der Waals surface area contributed by atoms with E-state index in [0.717, 1.165) is 30.7 Å². The summed E-state index contributed by atoms with van der Waals surface area (Å²) in [6, 6.07) is 7.07. The van der Waals surface area contributed by atoms with Gasteiger partial charge in [0.25, 0.3) is 11.3 Å². The molecule has 0 fully saturated rings. The lowest BCUT2D eigenvalue weighted by atomic mass is 10.1. The van der Waals surface area contributed by atoms with E-state index in [1.54, 1.807) is 12.3 Å². The second kappa shape index (κ2) is 7.71. The van der Waals surface area contributed by atoms with Crippen LogP contribution in [0.2, 0.25) is 0 Å². The van der Waals surface area contributed by atoms with E-state index in [9.17, 15) is 4.79 Å². The fourth-order valence-electron chi connectivity index (χ4n) is 3.28. The zero-order valence-electron chi connectivity index (χ0n) is 16.2. The number of hydrogen-bond acceptors (Lipinski definition) is 6. The zero-order valence-corrected chi connectivity index (χ0v) is 17.0. The summed E-state index contributed by atoms with van der Waals surface area (Å²) in [5.74, 6) is 1.14. The largest absolute Gasteiger partial charge is 0.269 e. The summed E-state index contributed by atoms with van der Waals surface area (Å²) in [4.78, 5) is 25.9. The molecule has 0 aliphatic rings. The molecule has 0 aromatic carbocycles. The first-order chi connectivity index (χ1) is 13.6. The Morgan fingerprint density at radius 3 is 2.82 bits per heavy atom. The third kappa shape index (κ3) is 3.52. The zero-order chi connectivity index (χ0) is 19.7. The maximum absolute atomic E-state index is 12.2. The van der Waals surface area contributed by atoms with Gasteiger partial charge in [0.05, 0.1) is 5.69 Å². The first-order valence-corrected chi connectivity index (χ1v) is 10.4. The maximum atomic E-state index is 12.2.